The lowest BCUT2D eigenvalue weighted by molar-refractivity contribution is -0.125. The Labute approximate surface area is 175 Å². The van der Waals surface area contributed by atoms with Crippen LogP contribution in [0.5, 0.6) is 0 Å². The highest BCUT2D eigenvalue weighted by Crippen LogP contribution is 2.24. The molecule has 0 saturated carbocycles. The molecule has 6 nitrogen and oxygen atoms in total. The Morgan fingerprint density at radius 2 is 1.96 bits per heavy atom. The van der Waals surface area contributed by atoms with Gasteiger partial charge in [-0.1, -0.05) is 29.3 Å². The maximum Gasteiger partial charge on any atom is 0.281 e. The van der Waals surface area contributed by atoms with E-state index >= 15 is 0 Å². The third-order valence-corrected chi connectivity index (χ3v) is 7.97. The lowest BCUT2D eigenvalue weighted by Gasteiger charge is -2.32. The fourth-order valence-corrected chi connectivity index (χ4v) is 5.34. The summed E-state index contributed by atoms with van der Waals surface area (Å²) in [6, 6.07) is 5.45. The second-order valence-corrected chi connectivity index (χ2v) is 10.6. The first-order valence-corrected chi connectivity index (χ1v) is 12.0. The number of hydrogen-bond acceptors (Lipinski definition) is 4. The van der Waals surface area contributed by atoms with Gasteiger partial charge in [0, 0.05) is 61.2 Å². The van der Waals surface area contributed by atoms with Crippen molar-refractivity contribution in [2.24, 2.45) is 5.92 Å². The van der Waals surface area contributed by atoms with Gasteiger partial charge >= 0.3 is 0 Å². The second kappa shape index (κ2) is 10.3. The van der Waals surface area contributed by atoms with Gasteiger partial charge in [-0.05, 0) is 30.5 Å². The number of piperidine rings is 1. The molecule has 152 valence electrons. The van der Waals surface area contributed by atoms with Crippen LogP contribution in [0.25, 0.3) is 0 Å². The second-order valence-electron chi connectivity index (χ2n) is 6.54. The number of nitrogens with one attached hydrogen (secondary N) is 1. The van der Waals surface area contributed by atoms with Gasteiger partial charge in [0.2, 0.25) is 5.91 Å². The molecule has 0 aliphatic carbocycles. The maximum atomic E-state index is 12.3. The van der Waals surface area contributed by atoms with Gasteiger partial charge in [0.25, 0.3) is 10.2 Å². The van der Waals surface area contributed by atoms with E-state index in [9.17, 15) is 13.2 Å². The van der Waals surface area contributed by atoms with E-state index in [2.05, 4.69) is 5.32 Å². The Balaban J connectivity index is 1.67. The lowest BCUT2D eigenvalue weighted by atomic mass is 9.97. The fraction of sp³-hybridized carbons (Fsp3) is 0.588. The predicted octanol–water partition coefficient (Wildman–Crippen LogP) is 2.86. The molecule has 0 radical (unpaired) electrons. The summed E-state index contributed by atoms with van der Waals surface area (Å²) >= 11 is 13.7. The lowest BCUT2D eigenvalue weighted by Crippen LogP contribution is -2.47. The van der Waals surface area contributed by atoms with Crippen molar-refractivity contribution in [3.63, 3.8) is 0 Å². The molecule has 0 unspecified atom stereocenters. The zero-order valence-electron chi connectivity index (χ0n) is 15.5. The quantitative estimate of drug-likeness (QED) is 0.614. The molecule has 2 rings (SSSR count). The van der Waals surface area contributed by atoms with Crippen molar-refractivity contribution in [1.29, 1.82) is 0 Å². The van der Waals surface area contributed by atoms with Crippen molar-refractivity contribution in [1.82, 2.24) is 13.9 Å². The Morgan fingerprint density at radius 3 is 2.56 bits per heavy atom. The Hall–Kier alpha value is -0.510. The number of nitrogens with zero attached hydrogens (tertiary/aromatic N) is 2. The molecule has 1 saturated heterocycles. The molecule has 0 bridgehead atoms. The predicted molar refractivity (Wildman–Crippen MR) is 113 cm³/mol. The summed E-state index contributed by atoms with van der Waals surface area (Å²) in [5, 5.41) is 4.21. The molecule has 1 N–H and O–H groups in total. The molecule has 0 aromatic heterocycles. The van der Waals surface area contributed by atoms with E-state index in [-0.39, 0.29) is 11.8 Å². The molecule has 1 aliphatic heterocycles. The van der Waals surface area contributed by atoms with E-state index in [1.165, 1.54) is 22.7 Å². The Kier molecular flexibility index (Phi) is 8.70. The maximum absolute atomic E-state index is 12.3. The van der Waals surface area contributed by atoms with Crippen LogP contribution in [0.3, 0.4) is 0 Å². The molecule has 1 amide bonds. The number of amides is 1. The normalized spacial score (nSPS) is 16.6. The smallest absolute Gasteiger partial charge is 0.281 e. The van der Waals surface area contributed by atoms with Crippen molar-refractivity contribution in [3.8, 4) is 0 Å². The SMILES string of the molecule is CN(C)S(=O)(=O)N1CCC(C(=O)NCCSCc2ccc(Cl)cc2Cl)CC1. The zero-order chi connectivity index (χ0) is 20.0. The summed E-state index contributed by atoms with van der Waals surface area (Å²) in [6.45, 7) is 1.33. The number of hydrogen-bond donors (Lipinski definition) is 1. The summed E-state index contributed by atoms with van der Waals surface area (Å²) in [4.78, 5) is 12.3. The minimum atomic E-state index is -3.39. The van der Waals surface area contributed by atoms with Crippen LogP contribution in [0.4, 0.5) is 0 Å². The van der Waals surface area contributed by atoms with Crippen LogP contribution in [0, 0.1) is 5.92 Å². The summed E-state index contributed by atoms with van der Waals surface area (Å²) < 4.78 is 26.8. The first-order valence-electron chi connectivity index (χ1n) is 8.69. The molecule has 27 heavy (non-hydrogen) atoms. The largest absolute Gasteiger partial charge is 0.355 e. The highest BCUT2D eigenvalue weighted by molar-refractivity contribution is 7.98. The average Bonchev–Trinajstić information content (AvgIpc) is 2.62. The molecule has 0 atom stereocenters. The summed E-state index contributed by atoms with van der Waals surface area (Å²) in [7, 11) is -0.360. The molecule has 0 spiro atoms. The fourth-order valence-electron chi connectivity index (χ4n) is 2.79. The first-order chi connectivity index (χ1) is 12.7. The zero-order valence-corrected chi connectivity index (χ0v) is 18.6. The van der Waals surface area contributed by atoms with E-state index < -0.39 is 10.2 Å². The van der Waals surface area contributed by atoms with Crippen LogP contribution < -0.4 is 5.32 Å². The number of rotatable bonds is 8. The van der Waals surface area contributed by atoms with Crippen LogP contribution in [0.2, 0.25) is 10.0 Å². The minimum Gasteiger partial charge on any atom is -0.355 e. The van der Waals surface area contributed by atoms with E-state index in [4.69, 9.17) is 23.2 Å². The third kappa shape index (κ3) is 6.51. The van der Waals surface area contributed by atoms with E-state index in [1.807, 2.05) is 12.1 Å². The van der Waals surface area contributed by atoms with Gasteiger partial charge in [0.15, 0.2) is 0 Å². The van der Waals surface area contributed by atoms with Gasteiger partial charge in [0.05, 0.1) is 0 Å². The summed E-state index contributed by atoms with van der Waals surface area (Å²) in [5.41, 5.74) is 1.02. The third-order valence-electron chi connectivity index (χ3n) is 4.43. The van der Waals surface area contributed by atoms with Gasteiger partial charge in [-0.15, -0.1) is 0 Å². The molecule has 1 aromatic rings. The molecule has 1 heterocycles. The van der Waals surface area contributed by atoms with E-state index in [0.29, 0.717) is 42.5 Å². The molecule has 1 aliphatic rings. The van der Waals surface area contributed by atoms with Gasteiger partial charge in [-0.3, -0.25) is 4.79 Å². The van der Waals surface area contributed by atoms with Gasteiger partial charge < -0.3 is 5.32 Å². The molecular formula is C17H25Cl2N3O3S2. The van der Waals surface area contributed by atoms with Gasteiger partial charge in [-0.25, -0.2) is 0 Å². The van der Waals surface area contributed by atoms with Crippen molar-refractivity contribution in [2.75, 3.05) is 39.5 Å². The Bertz CT molecular complexity index is 752. The van der Waals surface area contributed by atoms with Crippen LogP contribution in [0.1, 0.15) is 18.4 Å². The van der Waals surface area contributed by atoms with Crippen molar-refractivity contribution < 1.29 is 13.2 Å². The van der Waals surface area contributed by atoms with Gasteiger partial charge in [-0.2, -0.15) is 28.8 Å². The first kappa shape index (κ1) is 22.8. The topological polar surface area (TPSA) is 69.7 Å². The summed E-state index contributed by atoms with van der Waals surface area (Å²) in [5.74, 6) is 1.40. The number of carbonyl (C=O) groups is 1. The number of benzene rings is 1. The van der Waals surface area contributed by atoms with Crippen LogP contribution in [0.15, 0.2) is 18.2 Å². The number of carbonyl (C=O) groups excluding carboxylic acids is 1. The Morgan fingerprint density at radius 1 is 1.30 bits per heavy atom. The highest BCUT2D eigenvalue weighted by Gasteiger charge is 2.31. The molecule has 10 heteroatoms. The minimum absolute atomic E-state index is 0.00188. The van der Waals surface area contributed by atoms with Crippen LogP contribution in [-0.2, 0) is 20.8 Å². The summed E-state index contributed by atoms with van der Waals surface area (Å²) in [6.07, 6.45) is 1.10. The van der Waals surface area contributed by atoms with Gasteiger partial charge in [0.1, 0.15) is 0 Å². The van der Waals surface area contributed by atoms with Crippen molar-refractivity contribution in [3.05, 3.63) is 33.8 Å². The standard InChI is InChI=1S/C17H25Cl2N3O3S2/c1-21(2)27(24,25)22-8-5-13(6-9-22)17(23)20-7-10-26-12-14-3-4-15(18)11-16(14)19/h3-4,11,13H,5-10,12H2,1-2H3,(H,20,23). The number of thioether (sulfide) groups is 1. The molecule has 1 fully saturated rings. The monoisotopic (exact) mass is 453 g/mol. The van der Waals surface area contributed by atoms with Crippen LogP contribution >= 0.6 is 35.0 Å². The van der Waals surface area contributed by atoms with Crippen molar-refractivity contribution in [2.45, 2.75) is 18.6 Å². The van der Waals surface area contributed by atoms with Crippen molar-refractivity contribution >= 4 is 51.1 Å². The van der Waals surface area contributed by atoms with Crippen LogP contribution in [-0.4, -0.2) is 62.4 Å². The molecular weight excluding hydrogens is 429 g/mol. The average molecular weight is 454 g/mol. The highest BCUT2D eigenvalue weighted by atomic mass is 35.5. The van der Waals surface area contributed by atoms with E-state index in [0.717, 1.165) is 17.1 Å². The number of halogens is 2. The van der Waals surface area contributed by atoms with E-state index in [1.54, 1.807) is 17.8 Å². The molecule has 1 aromatic carbocycles.